The van der Waals surface area contributed by atoms with Gasteiger partial charge >= 0.3 is 0 Å². The highest BCUT2D eigenvalue weighted by atomic mass is 16.7. The molecule has 1 aliphatic rings. The number of hydrogen-bond donors (Lipinski definition) is 1. The molecule has 64 valence electrons. The lowest BCUT2D eigenvalue weighted by Gasteiger charge is -2.18. The van der Waals surface area contributed by atoms with E-state index in [9.17, 15) is 4.79 Å². The lowest BCUT2D eigenvalue weighted by Crippen LogP contribution is -2.30. The van der Waals surface area contributed by atoms with Crippen LogP contribution in [0, 0.1) is 0 Å². The average molecular weight is 158 g/mol. The molecule has 0 radical (unpaired) electrons. The highest BCUT2D eigenvalue weighted by Crippen LogP contribution is 2.24. The van der Waals surface area contributed by atoms with Crippen molar-refractivity contribution < 1.29 is 9.63 Å². The second kappa shape index (κ2) is 2.79. The number of hydrogen-bond acceptors (Lipinski definition) is 3. The Hall–Kier alpha value is -0.610. The summed E-state index contributed by atoms with van der Waals surface area (Å²) in [5, 5.41) is 1.35. The molecule has 0 aliphatic carbocycles. The van der Waals surface area contributed by atoms with Gasteiger partial charge in [-0.2, -0.15) is 0 Å². The van der Waals surface area contributed by atoms with E-state index in [0.29, 0.717) is 19.5 Å². The third-order valence-corrected chi connectivity index (χ3v) is 1.54. The van der Waals surface area contributed by atoms with E-state index in [4.69, 9.17) is 10.6 Å². The fourth-order valence-corrected chi connectivity index (χ4v) is 1.12. The SMILES string of the molecule is CC1(C)CC(=O)N(CCN)O1. The maximum atomic E-state index is 11.1. The van der Waals surface area contributed by atoms with Crippen molar-refractivity contribution in [1.82, 2.24) is 5.06 Å². The van der Waals surface area contributed by atoms with Gasteiger partial charge in [-0.3, -0.25) is 9.63 Å². The molecule has 1 amide bonds. The summed E-state index contributed by atoms with van der Waals surface area (Å²) in [5.74, 6) is 0.0282. The standard InChI is InChI=1S/C7H14N2O2/c1-7(2)5-6(10)9(11-7)4-3-8/h3-5,8H2,1-2H3. The van der Waals surface area contributed by atoms with Crippen LogP contribution in [0.3, 0.4) is 0 Å². The molecule has 1 rings (SSSR count). The smallest absolute Gasteiger partial charge is 0.249 e. The predicted octanol–water partition coefficient (Wildman–Crippen LogP) is -0.112. The summed E-state index contributed by atoms with van der Waals surface area (Å²) >= 11 is 0. The normalized spacial score (nSPS) is 22.8. The first-order chi connectivity index (χ1) is 5.05. The molecule has 0 bridgehead atoms. The Labute approximate surface area is 66.3 Å². The van der Waals surface area contributed by atoms with Crippen molar-refractivity contribution in [3.05, 3.63) is 0 Å². The minimum atomic E-state index is -0.341. The van der Waals surface area contributed by atoms with Crippen molar-refractivity contribution in [2.75, 3.05) is 13.1 Å². The largest absolute Gasteiger partial charge is 0.329 e. The van der Waals surface area contributed by atoms with E-state index in [1.54, 1.807) is 0 Å². The summed E-state index contributed by atoms with van der Waals surface area (Å²) in [6.07, 6.45) is 0.451. The quantitative estimate of drug-likeness (QED) is 0.610. The summed E-state index contributed by atoms with van der Waals surface area (Å²) in [5.41, 5.74) is 4.94. The Bertz CT molecular complexity index is 168. The van der Waals surface area contributed by atoms with E-state index >= 15 is 0 Å². The summed E-state index contributed by atoms with van der Waals surface area (Å²) in [4.78, 5) is 16.4. The van der Waals surface area contributed by atoms with E-state index in [2.05, 4.69) is 0 Å². The molecule has 1 aliphatic heterocycles. The first kappa shape index (κ1) is 8.49. The Balaban J connectivity index is 2.52. The van der Waals surface area contributed by atoms with Gasteiger partial charge in [0.05, 0.1) is 18.6 Å². The summed E-state index contributed by atoms with van der Waals surface area (Å²) in [7, 11) is 0. The van der Waals surface area contributed by atoms with Crippen LogP contribution >= 0.6 is 0 Å². The van der Waals surface area contributed by atoms with Crippen molar-refractivity contribution in [2.24, 2.45) is 5.73 Å². The zero-order valence-electron chi connectivity index (χ0n) is 6.96. The topological polar surface area (TPSA) is 55.6 Å². The number of nitrogens with two attached hydrogens (primary N) is 1. The van der Waals surface area contributed by atoms with Crippen LogP contribution in [0.15, 0.2) is 0 Å². The van der Waals surface area contributed by atoms with Crippen molar-refractivity contribution in [2.45, 2.75) is 25.9 Å². The molecule has 2 N–H and O–H groups in total. The maximum Gasteiger partial charge on any atom is 0.249 e. The zero-order chi connectivity index (χ0) is 8.48. The Morgan fingerprint density at radius 2 is 2.36 bits per heavy atom. The van der Waals surface area contributed by atoms with Gasteiger partial charge in [0.1, 0.15) is 0 Å². The van der Waals surface area contributed by atoms with Crippen molar-refractivity contribution in [1.29, 1.82) is 0 Å². The fraction of sp³-hybridized carbons (Fsp3) is 0.857. The highest BCUT2D eigenvalue weighted by molar-refractivity contribution is 5.77. The molecule has 0 atom stereocenters. The number of carbonyl (C=O) groups excluding carboxylic acids is 1. The van der Waals surface area contributed by atoms with Crippen LogP contribution in [0.4, 0.5) is 0 Å². The van der Waals surface area contributed by atoms with E-state index in [-0.39, 0.29) is 11.5 Å². The number of amides is 1. The van der Waals surface area contributed by atoms with Gasteiger partial charge in [0.25, 0.3) is 0 Å². The third-order valence-electron chi connectivity index (χ3n) is 1.54. The lowest BCUT2D eigenvalue weighted by atomic mass is 10.1. The molecule has 0 unspecified atom stereocenters. The molecule has 0 spiro atoms. The molecule has 0 aromatic heterocycles. The molecule has 1 fully saturated rings. The van der Waals surface area contributed by atoms with E-state index in [1.165, 1.54) is 5.06 Å². The number of hydroxylamine groups is 2. The monoisotopic (exact) mass is 158 g/mol. The molecule has 4 heteroatoms. The van der Waals surface area contributed by atoms with Gasteiger partial charge in [-0.05, 0) is 13.8 Å². The number of carbonyl (C=O) groups is 1. The van der Waals surface area contributed by atoms with Gasteiger partial charge in [-0.15, -0.1) is 0 Å². The van der Waals surface area contributed by atoms with E-state index < -0.39 is 0 Å². The van der Waals surface area contributed by atoms with Crippen LogP contribution in [-0.4, -0.2) is 29.7 Å². The Kier molecular flexibility index (Phi) is 2.15. The van der Waals surface area contributed by atoms with Crippen molar-refractivity contribution in [3.63, 3.8) is 0 Å². The summed E-state index contributed by atoms with van der Waals surface area (Å²) in [6.45, 7) is 4.72. The van der Waals surface area contributed by atoms with Crippen LogP contribution in [0.1, 0.15) is 20.3 Å². The first-order valence-electron chi connectivity index (χ1n) is 3.75. The second-order valence-corrected chi connectivity index (χ2v) is 3.31. The summed E-state index contributed by atoms with van der Waals surface area (Å²) in [6, 6.07) is 0. The van der Waals surface area contributed by atoms with Crippen LogP contribution in [0.2, 0.25) is 0 Å². The van der Waals surface area contributed by atoms with Gasteiger partial charge < -0.3 is 5.73 Å². The molecule has 1 saturated heterocycles. The molecular weight excluding hydrogens is 144 g/mol. The van der Waals surface area contributed by atoms with E-state index in [0.717, 1.165) is 0 Å². The fourth-order valence-electron chi connectivity index (χ4n) is 1.12. The Morgan fingerprint density at radius 3 is 2.73 bits per heavy atom. The molecule has 4 nitrogen and oxygen atoms in total. The van der Waals surface area contributed by atoms with Gasteiger partial charge in [-0.25, -0.2) is 5.06 Å². The lowest BCUT2D eigenvalue weighted by molar-refractivity contribution is -0.189. The maximum absolute atomic E-state index is 11.1. The van der Waals surface area contributed by atoms with Gasteiger partial charge in [0.2, 0.25) is 5.91 Å². The molecular formula is C7H14N2O2. The van der Waals surface area contributed by atoms with Gasteiger partial charge in [0.15, 0.2) is 0 Å². The highest BCUT2D eigenvalue weighted by Gasteiger charge is 2.36. The van der Waals surface area contributed by atoms with Gasteiger partial charge in [0, 0.05) is 6.54 Å². The van der Waals surface area contributed by atoms with Gasteiger partial charge in [-0.1, -0.05) is 0 Å². The Morgan fingerprint density at radius 1 is 1.73 bits per heavy atom. The average Bonchev–Trinajstić information content (AvgIpc) is 2.07. The molecule has 11 heavy (non-hydrogen) atoms. The molecule has 0 saturated carbocycles. The molecule has 1 heterocycles. The number of nitrogens with zero attached hydrogens (tertiary/aromatic N) is 1. The van der Waals surface area contributed by atoms with Crippen LogP contribution in [-0.2, 0) is 9.63 Å². The van der Waals surface area contributed by atoms with Crippen LogP contribution in [0.25, 0.3) is 0 Å². The second-order valence-electron chi connectivity index (χ2n) is 3.31. The van der Waals surface area contributed by atoms with Crippen molar-refractivity contribution in [3.8, 4) is 0 Å². The van der Waals surface area contributed by atoms with Crippen LogP contribution in [0.5, 0.6) is 0 Å². The first-order valence-corrected chi connectivity index (χ1v) is 3.75. The van der Waals surface area contributed by atoms with E-state index in [1.807, 2.05) is 13.8 Å². The third kappa shape index (κ3) is 1.91. The summed E-state index contributed by atoms with van der Waals surface area (Å²) < 4.78 is 0. The van der Waals surface area contributed by atoms with Crippen LogP contribution < -0.4 is 5.73 Å². The molecule has 0 aromatic carbocycles. The minimum Gasteiger partial charge on any atom is -0.329 e. The minimum absolute atomic E-state index is 0.0282. The van der Waals surface area contributed by atoms with Crippen molar-refractivity contribution >= 4 is 5.91 Å². The molecule has 0 aromatic rings. The number of rotatable bonds is 2. The zero-order valence-corrected chi connectivity index (χ0v) is 6.96. The predicted molar refractivity (Wildman–Crippen MR) is 40.5 cm³/mol.